The third-order valence-corrected chi connectivity index (χ3v) is 3.99. The number of nitro groups is 1. The summed E-state index contributed by atoms with van der Waals surface area (Å²) in [4.78, 5) is 10.4. The van der Waals surface area contributed by atoms with Crippen LogP contribution in [0, 0.1) is 28.4 Å². The van der Waals surface area contributed by atoms with Gasteiger partial charge in [-0.1, -0.05) is 18.2 Å². The molecule has 0 bridgehead atoms. The number of nitrogens with zero attached hydrogens (tertiary/aromatic N) is 4. The predicted octanol–water partition coefficient (Wildman–Crippen LogP) is 3.55. The maximum absolute atomic E-state index is 10.9. The van der Waals surface area contributed by atoms with E-state index in [2.05, 4.69) is 11.2 Å². The molecule has 2 aromatic carbocycles. The van der Waals surface area contributed by atoms with Crippen LogP contribution in [0.4, 0.5) is 5.69 Å². The van der Waals surface area contributed by atoms with E-state index in [1.54, 1.807) is 11.6 Å². The van der Waals surface area contributed by atoms with E-state index in [-0.39, 0.29) is 18.0 Å². The minimum atomic E-state index is -0.506. The fourth-order valence-corrected chi connectivity index (χ4v) is 2.67. The zero-order valence-corrected chi connectivity index (χ0v) is 14.7. The molecule has 27 heavy (non-hydrogen) atoms. The number of benzene rings is 2. The van der Waals surface area contributed by atoms with Crippen molar-refractivity contribution in [3.8, 4) is 23.3 Å². The number of nitro benzene ring substituents is 1. The Morgan fingerprint density at radius 1 is 1.22 bits per heavy atom. The Kier molecular flexibility index (Phi) is 5.04. The molecule has 0 N–H and O–H groups in total. The molecule has 0 saturated heterocycles. The van der Waals surface area contributed by atoms with Crippen LogP contribution in [-0.2, 0) is 6.61 Å². The van der Waals surface area contributed by atoms with Gasteiger partial charge in [0, 0.05) is 6.07 Å². The summed E-state index contributed by atoms with van der Waals surface area (Å²) in [5, 5.41) is 24.8. The van der Waals surface area contributed by atoms with Gasteiger partial charge in [-0.25, -0.2) is 4.68 Å². The number of para-hydroxylation sites is 1. The van der Waals surface area contributed by atoms with Crippen molar-refractivity contribution in [2.24, 2.45) is 0 Å². The van der Waals surface area contributed by atoms with Crippen LogP contribution in [0.2, 0.25) is 0 Å². The van der Waals surface area contributed by atoms with Crippen LogP contribution in [-0.4, -0.2) is 21.8 Å². The third kappa shape index (κ3) is 3.57. The van der Waals surface area contributed by atoms with Gasteiger partial charge in [0.25, 0.3) is 5.69 Å². The van der Waals surface area contributed by atoms with E-state index in [0.29, 0.717) is 22.7 Å². The van der Waals surface area contributed by atoms with Gasteiger partial charge in [-0.3, -0.25) is 10.1 Å². The van der Waals surface area contributed by atoms with Crippen molar-refractivity contribution >= 4 is 5.69 Å². The van der Waals surface area contributed by atoms with E-state index in [0.717, 1.165) is 5.69 Å². The molecule has 1 heterocycles. The van der Waals surface area contributed by atoms with Crippen molar-refractivity contribution < 1.29 is 14.4 Å². The molecule has 0 spiro atoms. The molecule has 1 aromatic heterocycles. The topological polar surface area (TPSA) is 103 Å². The summed E-state index contributed by atoms with van der Waals surface area (Å²) < 4.78 is 12.7. The molecule has 0 saturated carbocycles. The Hall–Kier alpha value is -3.86. The van der Waals surface area contributed by atoms with E-state index in [1.165, 1.54) is 25.3 Å². The smallest absolute Gasteiger partial charge is 0.273 e. The summed E-state index contributed by atoms with van der Waals surface area (Å²) in [5.41, 5.74) is 2.32. The number of ether oxygens (including phenoxy) is 2. The maximum atomic E-state index is 10.9. The molecule has 0 aliphatic heterocycles. The molecular weight excluding hydrogens is 348 g/mol. The molecule has 3 rings (SSSR count). The number of rotatable bonds is 6. The van der Waals surface area contributed by atoms with Crippen molar-refractivity contribution in [3.63, 3.8) is 0 Å². The van der Waals surface area contributed by atoms with E-state index in [4.69, 9.17) is 9.47 Å². The lowest BCUT2D eigenvalue weighted by atomic mass is 10.2. The van der Waals surface area contributed by atoms with Crippen LogP contribution in [0.15, 0.2) is 48.5 Å². The van der Waals surface area contributed by atoms with Crippen LogP contribution in [0.25, 0.3) is 5.69 Å². The van der Waals surface area contributed by atoms with Crippen molar-refractivity contribution in [3.05, 3.63) is 75.6 Å². The average molecular weight is 364 g/mol. The monoisotopic (exact) mass is 364 g/mol. The van der Waals surface area contributed by atoms with Gasteiger partial charge in [-0.05, 0) is 25.1 Å². The van der Waals surface area contributed by atoms with E-state index in [1.807, 2.05) is 30.3 Å². The molecule has 136 valence electrons. The highest BCUT2D eigenvalue weighted by Crippen LogP contribution is 2.32. The van der Waals surface area contributed by atoms with Gasteiger partial charge in [0.15, 0.2) is 11.5 Å². The van der Waals surface area contributed by atoms with Gasteiger partial charge in [-0.15, -0.1) is 0 Å². The van der Waals surface area contributed by atoms with Crippen LogP contribution >= 0.6 is 0 Å². The van der Waals surface area contributed by atoms with Crippen LogP contribution in [0.3, 0.4) is 0 Å². The molecule has 0 aliphatic rings. The number of hydrogen-bond donors (Lipinski definition) is 0. The van der Waals surface area contributed by atoms with Crippen LogP contribution in [0.5, 0.6) is 11.5 Å². The van der Waals surface area contributed by atoms with Gasteiger partial charge < -0.3 is 9.47 Å². The van der Waals surface area contributed by atoms with E-state index in [9.17, 15) is 15.4 Å². The first-order valence-corrected chi connectivity index (χ1v) is 8.04. The van der Waals surface area contributed by atoms with Gasteiger partial charge in [-0.2, -0.15) is 10.4 Å². The van der Waals surface area contributed by atoms with Crippen molar-refractivity contribution in [2.75, 3.05) is 7.11 Å². The second-order valence-electron chi connectivity index (χ2n) is 5.65. The minimum Gasteiger partial charge on any atom is -0.493 e. The van der Waals surface area contributed by atoms with Gasteiger partial charge >= 0.3 is 0 Å². The Balaban J connectivity index is 1.95. The normalized spacial score (nSPS) is 10.3. The largest absolute Gasteiger partial charge is 0.493 e. The van der Waals surface area contributed by atoms with Crippen LogP contribution < -0.4 is 9.47 Å². The fourth-order valence-electron chi connectivity index (χ4n) is 2.67. The SMILES string of the molecule is COc1cc([N+](=O)[O-])ccc1OCc1c(C#N)c(C)nn1-c1ccccc1. The summed E-state index contributed by atoms with van der Waals surface area (Å²) in [7, 11) is 1.41. The first kappa shape index (κ1) is 17.9. The Morgan fingerprint density at radius 3 is 2.59 bits per heavy atom. The molecule has 0 fully saturated rings. The second kappa shape index (κ2) is 7.58. The van der Waals surface area contributed by atoms with E-state index >= 15 is 0 Å². The van der Waals surface area contributed by atoms with Gasteiger partial charge in [0.2, 0.25) is 0 Å². The number of non-ortho nitro benzene ring substituents is 1. The molecule has 0 amide bonds. The second-order valence-corrected chi connectivity index (χ2v) is 5.65. The summed E-state index contributed by atoms with van der Waals surface area (Å²) in [6.07, 6.45) is 0. The zero-order valence-electron chi connectivity index (χ0n) is 14.7. The maximum Gasteiger partial charge on any atom is 0.273 e. The molecule has 0 unspecified atom stereocenters. The standard InChI is InChI=1S/C19H16N4O4/c1-13-16(11-20)17(22(21-13)14-6-4-3-5-7-14)12-27-18-9-8-15(23(24)25)10-19(18)26-2/h3-10H,12H2,1-2H3. The van der Waals surface area contributed by atoms with Crippen molar-refractivity contribution in [1.82, 2.24) is 9.78 Å². The number of aryl methyl sites for hydroxylation is 1. The summed E-state index contributed by atoms with van der Waals surface area (Å²) >= 11 is 0. The van der Waals surface area contributed by atoms with Gasteiger partial charge in [0.05, 0.1) is 35.2 Å². The minimum absolute atomic E-state index is 0.0484. The lowest BCUT2D eigenvalue weighted by molar-refractivity contribution is -0.385. The lowest BCUT2D eigenvalue weighted by Crippen LogP contribution is -2.07. The molecular formula is C19H16N4O4. The number of nitriles is 1. The summed E-state index contributed by atoms with van der Waals surface area (Å²) in [6.45, 7) is 1.81. The van der Waals surface area contributed by atoms with E-state index < -0.39 is 4.92 Å². The highest BCUT2D eigenvalue weighted by molar-refractivity contribution is 5.49. The van der Waals surface area contributed by atoms with Crippen molar-refractivity contribution in [1.29, 1.82) is 5.26 Å². The third-order valence-electron chi connectivity index (χ3n) is 3.99. The quantitative estimate of drug-likeness (QED) is 0.489. The first-order valence-electron chi connectivity index (χ1n) is 8.04. The zero-order chi connectivity index (χ0) is 19.4. The highest BCUT2D eigenvalue weighted by Gasteiger charge is 2.18. The number of aromatic nitrogens is 2. The number of methoxy groups -OCH3 is 1. The molecule has 8 heteroatoms. The summed E-state index contributed by atoms with van der Waals surface area (Å²) in [6, 6.07) is 15.7. The number of hydrogen-bond acceptors (Lipinski definition) is 6. The average Bonchev–Trinajstić information content (AvgIpc) is 3.02. The highest BCUT2D eigenvalue weighted by atomic mass is 16.6. The molecule has 0 atom stereocenters. The van der Waals surface area contributed by atoms with Gasteiger partial charge in [0.1, 0.15) is 18.2 Å². The fraction of sp³-hybridized carbons (Fsp3) is 0.158. The Morgan fingerprint density at radius 2 is 1.96 bits per heavy atom. The predicted molar refractivity (Wildman–Crippen MR) is 97.0 cm³/mol. The molecule has 0 radical (unpaired) electrons. The Bertz CT molecular complexity index is 1020. The first-order chi connectivity index (χ1) is 13.0. The molecule has 8 nitrogen and oxygen atoms in total. The van der Waals surface area contributed by atoms with Crippen LogP contribution in [0.1, 0.15) is 17.0 Å². The Labute approximate surface area is 155 Å². The molecule has 3 aromatic rings. The summed E-state index contributed by atoms with van der Waals surface area (Å²) in [5.74, 6) is 0.579. The molecule has 0 aliphatic carbocycles. The lowest BCUT2D eigenvalue weighted by Gasteiger charge is -2.12. The van der Waals surface area contributed by atoms with Crippen molar-refractivity contribution in [2.45, 2.75) is 13.5 Å².